The first kappa shape index (κ1) is 28.3. The number of aromatic amines is 1. The van der Waals surface area contributed by atoms with Gasteiger partial charge in [0, 0.05) is 36.0 Å². The molecule has 1 aromatic heterocycles. The molecule has 7 heteroatoms. The topological polar surface area (TPSA) is 80.9 Å². The molecule has 0 spiro atoms. The Hall–Kier alpha value is -4.26. The van der Waals surface area contributed by atoms with Gasteiger partial charge in [-0.05, 0) is 73.2 Å². The van der Waals surface area contributed by atoms with E-state index in [9.17, 15) is 9.59 Å². The summed E-state index contributed by atoms with van der Waals surface area (Å²) in [6, 6.07) is 24.0. The highest BCUT2D eigenvalue weighted by molar-refractivity contribution is 5.88. The molecule has 1 aliphatic rings. The van der Waals surface area contributed by atoms with E-state index in [1.165, 1.54) is 5.56 Å². The number of ether oxygens (including phenoxy) is 3. The summed E-state index contributed by atoms with van der Waals surface area (Å²) in [4.78, 5) is 30.9. The monoisotopic (exact) mass is 554 g/mol. The second-order valence-electron chi connectivity index (χ2n) is 10.4. The van der Waals surface area contributed by atoms with Gasteiger partial charge in [0.2, 0.25) is 5.91 Å². The summed E-state index contributed by atoms with van der Waals surface area (Å²) >= 11 is 0. The molecular formula is C34H38N2O5. The number of carbonyl (C=O) groups excluding carboxylic acids is 2. The summed E-state index contributed by atoms with van der Waals surface area (Å²) in [6.07, 6.45) is 3.90. The fourth-order valence-electron chi connectivity index (χ4n) is 5.60. The quantitative estimate of drug-likeness (QED) is 0.155. The molecule has 41 heavy (non-hydrogen) atoms. The van der Waals surface area contributed by atoms with Crippen LogP contribution in [0, 0.1) is 0 Å². The molecule has 1 amide bonds. The first-order valence-electron chi connectivity index (χ1n) is 14.5. The van der Waals surface area contributed by atoms with E-state index < -0.39 is 0 Å². The van der Waals surface area contributed by atoms with Gasteiger partial charge in [0.25, 0.3) is 0 Å². The van der Waals surface area contributed by atoms with Gasteiger partial charge < -0.3 is 24.1 Å². The Morgan fingerprint density at radius 3 is 2.44 bits per heavy atom. The molecule has 7 nitrogen and oxygen atoms in total. The smallest absolute Gasteiger partial charge is 0.305 e. The van der Waals surface area contributed by atoms with E-state index in [0.29, 0.717) is 32.6 Å². The average molecular weight is 555 g/mol. The van der Waals surface area contributed by atoms with Crippen LogP contribution in [-0.4, -0.2) is 42.0 Å². The number of rotatable bonds is 12. The second-order valence-corrected chi connectivity index (χ2v) is 10.4. The number of hydrogen-bond acceptors (Lipinski definition) is 5. The Morgan fingerprint density at radius 1 is 0.927 bits per heavy atom. The van der Waals surface area contributed by atoms with Crippen LogP contribution >= 0.6 is 0 Å². The molecule has 0 aliphatic carbocycles. The molecule has 5 rings (SSSR count). The lowest BCUT2D eigenvalue weighted by atomic mass is 9.91. The third-order valence-electron chi connectivity index (χ3n) is 7.68. The van der Waals surface area contributed by atoms with Crippen LogP contribution in [0.1, 0.15) is 67.5 Å². The summed E-state index contributed by atoms with van der Waals surface area (Å²) in [6.45, 7) is 3.34. The van der Waals surface area contributed by atoms with Crippen molar-refractivity contribution < 1.29 is 23.8 Å². The molecule has 2 heterocycles. The highest BCUT2D eigenvalue weighted by atomic mass is 16.5. The lowest BCUT2D eigenvalue weighted by Gasteiger charge is -2.36. The van der Waals surface area contributed by atoms with E-state index in [-0.39, 0.29) is 17.9 Å². The molecule has 0 saturated heterocycles. The lowest BCUT2D eigenvalue weighted by molar-refractivity contribution is -0.143. The van der Waals surface area contributed by atoms with Crippen molar-refractivity contribution in [1.29, 1.82) is 0 Å². The molecule has 4 aromatic rings. The van der Waals surface area contributed by atoms with Gasteiger partial charge in [-0.3, -0.25) is 9.59 Å². The van der Waals surface area contributed by atoms with Gasteiger partial charge in [0.05, 0.1) is 19.8 Å². The number of hydrogen-bond donors (Lipinski definition) is 1. The number of esters is 1. The van der Waals surface area contributed by atoms with Crippen LogP contribution in [0.15, 0.2) is 72.8 Å². The maximum Gasteiger partial charge on any atom is 0.305 e. The van der Waals surface area contributed by atoms with E-state index in [4.69, 9.17) is 14.2 Å². The molecule has 0 bridgehead atoms. The van der Waals surface area contributed by atoms with Crippen LogP contribution in [0.5, 0.6) is 11.5 Å². The number of fused-ring (bicyclic) bond motifs is 3. The fraction of sp³-hybridized carbons (Fsp3) is 0.353. The van der Waals surface area contributed by atoms with Crippen molar-refractivity contribution in [3.8, 4) is 11.5 Å². The predicted octanol–water partition coefficient (Wildman–Crippen LogP) is 6.74. The van der Waals surface area contributed by atoms with Crippen molar-refractivity contribution in [2.45, 2.75) is 58.1 Å². The highest BCUT2D eigenvalue weighted by Crippen LogP contribution is 2.40. The molecular weight excluding hydrogens is 516 g/mol. The third kappa shape index (κ3) is 6.73. The van der Waals surface area contributed by atoms with Gasteiger partial charge in [-0.15, -0.1) is 0 Å². The Morgan fingerprint density at radius 2 is 1.68 bits per heavy atom. The van der Waals surface area contributed by atoms with Crippen LogP contribution in [-0.2, 0) is 27.4 Å². The minimum atomic E-state index is -0.229. The normalized spacial score (nSPS) is 14.5. The van der Waals surface area contributed by atoms with Crippen molar-refractivity contribution in [3.05, 3.63) is 95.2 Å². The van der Waals surface area contributed by atoms with E-state index in [1.807, 2.05) is 66.4 Å². The number of carbonyl (C=O) groups is 2. The zero-order chi connectivity index (χ0) is 28.6. The van der Waals surface area contributed by atoms with Crippen LogP contribution in [0.2, 0.25) is 0 Å². The number of nitrogens with zero attached hydrogens (tertiary/aromatic N) is 1. The first-order chi connectivity index (χ1) is 20.1. The number of aromatic nitrogens is 1. The van der Waals surface area contributed by atoms with E-state index in [1.54, 1.807) is 7.11 Å². The van der Waals surface area contributed by atoms with Crippen molar-refractivity contribution in [2.75, 3.05) is 20.3 Å². The Balaban J connectivity index is 1.35. The lowest BCUT2D eigenvalue weighted by Crippen LogP contribution is -2.40. The van der Waals surface area contributed by atoms with E-state index >= 15 is 0 Å². The van der Waals surface area contributed by atoms with Gasteiger partial charge in [-0.1, -0.05) is 48.9 Å². The summed E-state index contributed by atoms with van der Waals surface area (Å²) in [7, 11) is 1.68. The number of unbranched alkanes of at least 4 members (excludes halogenated alkanes) is 2. The van der Waals surface area contributed by atoms with Gasteiger partial charge in [-0.25, -0.2) is 0 Å². The molecule has 0 fully saturated rings. The number of benzene rings is 3. The third-order valence-corrected chi connectivity index (χ3v) is 7.68. The molecule has 0 unspecified atom stereocenters. The molecule has 1 aliphatic heterocycles. The van der Waals surface area contributed by atoms with Crippen LogP contribution in [0.4, 0.5) is 0 Å². The van der Waals surface area contributed by atoms with Crippen molar-refractivity contribution >= 4 is 22.8 Å². The molecule has 214 valence electrons. The standard InChI is InChI=1S/C34H38N2O5/c1-3-40-32(38)13-9-5-8-12-31(37)36-21-20-28-29-22-27(39-2)18-19-30(29)35-33(28)34(36)25-14-16-26(17-15-25)41-23-24-10-6-4-7-11-24/h4,6-7,10-11,14-19,22,34-35H,3,5,8-9,12-13,20-21,23H2,1-2H3/t34-/m0/s1. The minimum absolute atomic E-state index is 0.123. The SMILES string of the molecule is CCOC(=O)CCCCCC(=O)N1CCc2c([nH]c3ccc(OC)cc23)[C@@H]1c1ccc(OCc2ccccc2)cc1. The average Bonchev–Trinajstić information content (AvgIpc) is 3.38. The van der Waals surface area contributed by atoms with Gasteiger partial charge in [0.15, 0.2) is 0 Å². The molecule has 1 N–H and O–H groups in total. The maximum atomic E-state index is 13.6. The molecule has 1 atom stereocenters. The second kappa shape index (κ2) is 13.4. The summed E-state index contributed by atoms with van der Waals surface area (Å²) in [5, 5.41) is 1.14. The molecule has 3 aromatic carbocycles. The van der Waals surface area contributed by atoms with Crippen molar-refractivity contribution in [3.63, 3.8) is 0 Å². The Bertz CT molecular complexity index is 1460. The predicted molar refractivity (Wildman–Crippen MR) is 159 cm³/mol. The van der Waals surface area contributed by atoms with Crippen molar-refractivity contribution in [1.82, 2.24) is 9.88 Å². The van der Waals surface area contributed by atoms with E-state index in [0.717, 1.165) is 64.9 Å². The van der Waals surface area contributed by atoms with Crippen molar-refractivity contribution in [2.24, 2.45) is 0 Å². The minimum Gasteiger partial charge on any atom is -0.497 e. The van der Waals surface area contributed by atoms with E-state index in [2.05, 4.69) is 23.2 Å². The number of H-pyrrole nitrogens is 1. The number of methoxy groups -OCH3 is 1. The highest BCUT2D eigenvalue weighted by Gasteiger charge is 2.34. The van der Waals surface area contributed by atoms with Crippen LogP contribution in [0.3, 0.4) is 0 Å². The number of amides is 1. The van der Waals surface area contributed by atoms with Gasteiger partial charge >= 0.3 is 5.97 Å². The maximum absolute atomic E-state index is 13.6. The van der Waals surface area contributed by atoms with Gasteiger partial charge in [-0.2, -0.15) is 0 Å². The largest absolute Gasteiger partial charge is 0.497 e. The Kier molecular flexibility index (Phi) is 9.24. The fourth-order valence-corrected chi connectivity index (χ4v) is 5.60. The van der Waals surface area contributed by atoms with Gasteiger partial charge in [0.1, 0.15) is 18.1 Å². The summed E-state index contributed by atoms with van der Waals surface area (Å²) in [5.74, 6) is 1.55. The summed E-state index contributed by atoms with van der Waals surface area (Å²) in [5.41, 5.74) is 5.46. The number of nitrogens with one attached hydrogen (secondary N) is 1. The molecule has 0 radical (unpaired) electrons. The van der Waals surface area contributed by atoms with Crippen LogP contribution < -0.4 is 9.47 Å². The van der Waals surface area contributed by atoms with Crippen LogP contribution in [0.25, 0.3) is 10.9 Å². The first-order valence-corrected chi connectivity index (χ1v) is 14.5. The zero-order valence-corrected chi connectivity index (χ0v) is 23.9. The Labute approximate surface area is 241 Å². The summed E-state index contributed by atoms with van der Waals surface area (Å²) < 4.78 is 16.5. The zero-order valence-electron chi connectivity index (χ0n) is 23.9. The molecule has 0 saturated carbocycles.